The first-order valence-electron chi connectivity index (χ1n) is 8.87. The van der Waals surface area contributed by atoms with E-state index in [4.69, 9.17) is 0 Å². The fraction of sp³-hybridized carbons (Fsp3) is 0.556. The van der Waals surface area contributed by atoms with Crippen molar-refractivity contribution in [3.63, 3.8) is 0 Å². The topological polar surface area (TPSA) is 94.6 Å². The fourth-order valence-corrected chi connectivity index (χ4v) is 3.51. The Kier molecular flexibility index (Phi) is 4.84. The molecule has 2 saturated heterocycles. The standard InChI is InChI=1S/C18H25N5O3/c1-18(2)16(25)23(17(26)21-18)11-15(24)22-8-4-5-13(10-22)12-6-7-20-14(9-12)19-3/h6-7,9,13H,4-5,8,10-11H2,1-3H3,(H,19,20)(H,21,26)/t13-/m1/s1. The van der Waals surface area contributed by atoms with Gasteiger partial charge >= 0.3 is 6.03 Å². The number of nitrogens with one attached hydrogen (secondary N) is 2. The van der Waals surface area contributed by atoms with E-state index in [2.05, 4.69) is 15.6 Å². The Hall–Kier alpha value is -2.64. The summed E-state index contributed by atoms with van der Waals surface area (Å²) in [5.41, 5.74) is 0.181. The van der Waals surface area contributed by atoms with Crippen molar-refractivity contribution in [2.75, 3.05) is 32.0 Å². The highest BCUT2D eigenvalue weighted by Gasteiger charge is 2.45. The molecule has 0 aromatic carbocycles. The van der Waals surface area contributed by atoms with E-state index in [0.29, 0.717) is 13.1 Å². The minimum Gasteiger partial charge on any atom is -0.373 e. The summed E-state index contributed by atoms with van der Waals surface area (Å²) in [5.74, 6) is 0.464. The Morgan fingerprint density at radius 2 is 2.19 bits per heavy atom. The van der Waals surface area contributed by atoms with Gasteiger partial charge in [-0.2, -0.15) is 0 Å². The van der Waals surface area contributed by atoms with Gasteiger partial charge in [0.25, 0.3) is 5.91 Å². The van der Waals surface area contributed by atoms with E-state index < -0.39 is 11.6 Å². The van der Waals surface area contributed by atoms with Crippen LogP contribution in [0.15, 0.2) is 18.3 Å². The second kappa shape index (κ2) is 6.93. The molecule has 1 atom stereocenters. The van der Waals surface area contributed by atoms with Crippen LogP contribution in [0.25, 0.3) is 0 Å². The third kappa shape index (κ3) is 3.49. The molecule has 2 aliphatic heterocycles. The normalized spacial score (nSPS) is 22.3. The number of nitrogens with zero attached hydrogens (tertiary/aromatic N) is 3. The monoisotopic (exact) mass is 359 g/mol. The number of carbonyl (C=O) groups is 3. The van der Waals surface area contributed by atoms with Gasteiger partial charge in [-0.05, 0) is 44.4 Å². The first-order chi connectivity index (χ1) is 12.3. The van der Waals surface area contributed by atoms with Crippen LogP contribution in [0.2, 0.25) is 0 Å². The van der Waals surface area contributed by atoms with Gasteiger partial charge in [0.2, 0.25) is 5.91 Å². The van der Waals surface area contributed by atoms with Crippen molar-refractivity contribution >= 4 is 23.7 Å². The lowest BCUT2D eigenvalue weighted by molar-refractivity contribution is -0.139. The maximum absolute atomic E-state index is 12.7. The summed E-state index contributed by atoms with van der Waals surface area (Å²) in [7, 11) is 1.82. The van der Waals surface area contributed by atoms with E-state index in [1.165, 1.54) is 0 Å². The third-order valence-corrected chi connectivity index (χ3v) is 5.02. The molecule has 2 fully saturated rings. The average Bonchev–Trinajstić information content (AvgIpc) is 2.83. The van der Waals surface area contributed by atoms with Crippen LogP contribution in [-0.4, -0.2) is 64.9 Å². The van der Waals surface area contributed by atoms with E-state index in [1.807, 2.05) is 19.2 Å². The van der Waals surface area contributed by atoms with Gasteiger partial charge < -0.3 is 15.5 Å². The van der Waals surface area contributed by atoms with Crippen LogP contribution in [-0.2, 0) is 9.59 Å². The van der Waals surface area contributed by atoms with E-state index in [1.54, 1.807) is 24.9 Å². The van der Waals surface area contributed by atoms with Crippen molar-refractivity contribution < 1.29 is 14.4 Å². The summed E-state index contributed by atoms with van der Waals surface area (Å²) < 4.78 is 0. The smallest absolute Gasteiger partial charge is 0.325 e. The zero-order valence-corrected chi connectivity index (χ0v) is 15.4. The summed E-state index contributed by atoms with van der Waals surface area (Å²) in [6, 6.07) is 3.47. The second-order valence-electron chi connectivity index (χ2n) is 7.35. The SMILES string of the molecule is CNc1cc([C@@H]2CCCN(C(=O)CN3C(=O)NC(C)(C)C3=O)C2)ccn1. The van der Waals surface area contributed by atoms with Crippen molar-refractivity contribution in [1.29, 1.82) is 0 Å². The quantitative estimate of drug-likeness (QED) is 0.787. The number of hydrogen-bond acceptors (Lipinski definition) is 5. The summed E-state index contributed by atoms with van der Waals surface area (Å²) in [5, 5.41) is 5.63. The summed E-state index contributed by atoms with van der Waals surface area (Å²) in [4.78, 5) is 43.9. The molecule has 0 saturated carbocycles. The Morgan fingerprint density at radius 3 is 2.85 bits per heavy atom. The van der Waals surface area contributed by atoms with Gasteiger partial charge in [0, 0.05) is 32.3 Å². The van der Waals surface area contributed by atoms with E-state index in [9.17, 15) is 14.4 Å². The number of pyridine rings is 1. The molecule has 26 heavy (non-hydrogen) atoms. The van der Waals surface area contributed by atoms with Crippen molar-refractivity contribution in [1.82, 2.24) is 20.1 Å². The van der Waals surface area contributed by atoms with E-state index >= 15 is 0 Å². The maximum Gasteiger partial charge on any atom is 0.325 e. The number of aromatic nitrogens is 1. The van der Waals surface area contributed by atoms with Gasteiger partial charge in [0.1, 0.15) is 17.9 Å². The molecule has 8 heteroatoms. The zero-order valence-electron chi connectivity index (χ0n) is 15.4. The largest absolute Gasteiger partial charge is 0.373 e. The average molecular weight is 359 g/mol. The minimum atomic E-state index is -0.956. The molecular formula is C18H25N5O3. The van der Waals surface area contributed by atoms with Crippen LogP contribution in [0, 0.1) is 0 Å². The molecule has 140 valence electrons. The first-order valence-corrected chi connectivity index (χ1v) is 8.87. The van der Waals surface area contributed by atoms with Crippen LogP contribution in [0.4, 0.5) is 10.6 Å². The van der Waals surface area contributed by atoms with Gasteiger partial charge in [0.15, 0.2) is 0 Å². The van der Waals surface area contributed by atoms with Crippen molar-refractivity contribution in [2.45, 2.75) is 38.1 Å². The van der Waals surface area contributed by atoms with Crippen molar-refractivity contribution in [2.24, 2.45) is 0 Å². The van der Waals surface area contributed by atoms with Gasteiger partial charge in [-0.25, -0.2) is 9.78 Å². The Balaban J connectivity index is 1.67. The lowest BCUT2D eigenvalue weighted by atomic mass is 9.91. The summed E-state index contributed by atoms with van der Waals surface area (Å²) >= 11 is 0. The molecule has 4 amide bonds. The molecule has 2 aliphatic rings. The molecule has 0 unspecified atom stereocenters. The van der Waals surface area contributed by atoms with E-state index in [-0.39, 0.29) is 24.3 Å². The first kappa shape index (κ1) is 18.2. The zero-order chi connectivity index (χ0) is 18.9. The van der Waals surface area contributed by atoms with Crippen LogP contribution >= 0.6 is 0 Å². The molecule has 2 N–H and O–H groups in total. The van der Waals surface area contributed by atoms with E-state index in [0.717, 1.165) is 29.1 Å². The maximum atomic E-state index is 12.7. The Morgan fingerprint density at radius 1 is 1.42 bits per heavy atom. The highest BCUT2D eigenvalue weighted by Crippen LogP contribution is 2.28. The van der Waals surface area contributed by atoms with Crippen LogP contribution < -0.4 is 10.6 Å². The van der Waals surface area contributed by atoms with Crippen LogP contribution in [0.5, 0.6) is 0 Å². The Labute approximate surface area is 152 Å². The number of amides is 4. The number of urea groups is 1. The highest BCUT2D eigenvalue weighted by molar-refractivity contribution is 6.08. The molecule has 3 heterocycles. The molecule has 8 nitrogen and oxygen atoms in total. The summed E-state index contributed by atoms with van der Waals surface area (Å²) in [6.07, 6.45) is 3.64. The van der Waals surface area contributed by atoms with Gasteiger partial charge in [0.05, 0.1) is 0 Å². The predicted octanol–water partition coefficient (Wildman–Crippen LogP) is 1.16. The molecular weight excluding hydrogens is 334 g/mol. The van der Waals surface area contributed by atoms with Gasteiger partial charge in [-0.3, -0.25) is 14.5 Å². The van der Waals surface area contributed by atoms with Gasteiger partial charge in [-0.15, -0.1) is 0 Å². The van der Waals surface area contributed by atoms with Crippen molar-refractivity contribution in [3.8, 4) is 0 Å². The predicted molar refractivity (Wildman–Crippen MR) is 96.7 cm³/mol. The number of rotatable bonds is 4. The van der Waals surface area contributed by atoms with Crippen LogP contribution in [0.3, 0.4) is 0 Å². The number of anilines is 1. The minimum absolute atomic E-state index is 0.196. The molecule has 1 aromatic heterocycles. The van der Waals surface area contributed by atoms with Crippen molar-refractivity contribution in [3.05, 3.63) is 23.9 Å². The Bertz CT molecular complexity index is 733. The molecule has 0 aliphatic carbocycles. The third-order valence-electron chi connectivity index (χ3n) is 5.02. The molecule has 3 rings (SSSR count). The van der Waals surface area contributed by atoms with Crippen LogP contribution in [0.1, 0.15) is 38.2 Å². The lowest BCUT2D eigenvalue weighted by Gasteiger charge is -2.33. The number of imide groups is 1. The highest BCUT2D eigenvalue weighted by atomic mass is 16.2. The number of carbonyl (C=O) groups excluding carboxylic acids is 3. The van der Waals surface area contributed by atoms with Gasteiger partial charge in [-0.1, -0.05) is 0 Å². The summed E-state index contributed by atoms with van der Waals surface area (Å²) in [6.45, 7) is 4.29. The second-order valence-corrected chi connectivity index (χ2v) is 7.35. The molecule has 0 bridgehead atoms. The molecule has 1 aromatic rings. The molecule has 0 radical (unpaired) electrons. The fourth-order valence-electron chi connectivity index (χ4n) is 3.51. The number of likely N-dealkylation sites (tertiary alicyclic amines) is 1. The number of piperidine rings is 1. The number of hydrogen-bond donors (Lipinski definition) is 2. The molecule has 0 spiro atoms. The lowest BCUT2D eigenvalue weighted by Crippen LogP contribution is -2.47.